The van der Waals surface area contributed by atoms with Crippen LogP contribution in [0.1, 0.15) is 75.5 Å². The molecule has 0 saturated heterocycles. The van der Waals surface area contributed by atoms with Gasteiger partial charge in [-0.2, -0.15) is 17.6 Å². The number of carbonyl (C=O) groups excluding carboxylic acids is 1. The minimum Gasteiger partial charge on any atom is -0.349 e. The van der Waals surface area contributed by atoms with E-state index < -0.39 is 16.2 Å². The van der Waals surface area contributed by atoms with Gasteiger partial charge in [-0.05, 0) is 62.6 Å². The first-order chi connectivity index (χ1) is 16.5. The van der Waals surface area contributed by atoms with Gasteiger partial charge in [-0.3, -0.25) is 4.79 Å². The molecule has 2 saturated carbocycles. The number of hydrogen-bond donors (Lipinski definition) is 1. The monoisotopic (exact) mass is 501 g/mol. The number of hydrogen-bond acceptors (Lipinski definition) is 5. The molecule has 0 unspecified atom stereocenters. The number of alkyl halides is 1. The van der Waals surface area contributed by atoms with Crippen LogP contribution in [0.4, 0.5) is 4.39 Å². The molecule has 10 heteroatoms. The minimum atomic E-state index is -3.99. The average molecular weight is 502 g/mol. The van der Waals surface area contributed by atoms with E-state index in [1.807, 2.05) is 0 Å². The first-order valence-corrected chi connectivity index (χ1v) is 13.7. The summed E-state index contributed by atoms with van der Waals surface area (Å²) in [5.74, 6) is 0.926. The molecular weight excluding hydrogens is 469 g/mol. The number of aromatic nitrogens is 4. The lowest BCUT2D eigenvalue weighted by Crippen LogP contribution is -2.25. The second-order valence-electron chi connectivity index (χ2n) is 10.9. The summed E-state index contributed by atoms with van der Waals surface area (Å²) in [4.78, 5) is 17.2. The SMILES string of the molecule is CC(C)(C)c1nc2cc(S(=O)(=O)n3cc(C(=O)NC4CC4)cn3)ccc2n1C[C@H]1CC[C@H](F)CC1. The number of halogens is 1. The zero-order valence-corrected chi connectivity index (χ0v) is 21.2. The Hall–Kier alpha value is -2.75. The highest BCUT2D eigenvalue weighted by Gasteiger charge is 2.29. The van der Waals surface area contributed by atoms with E-state index in [-0.39, 0.29) is 27.8 Å². The molecule has 2 aliphatic carbocycles. The van der Waals surface area contributed by atoms with Crippen molar-refractivity contribution in [2.75, 3.05) is 0 Å². The summed E-state index contributed by atoms with van der Waals surface area (Å²) in [6, 6.07) is 5.09. The lowest BCUT2D eigenvalue weighted by atomic mass is 9.87. The van der Waals surface area contributed by atoms with Gasteiger partial charge in [0.25, 0.3) is 15.9 Å². The molecule has 0 bridgehead atoms. The number of amides is 1. The predicted octanol–water partition coefficient (Wildman–Crippen LogP) is 4.19. The van der Waals surface area contributed by atoms with Gasteiger partial charge < -0.3 is 9.88 Å². The summed E-state index contributed by atoms with van der Waals surface area (Å²) in [5, 5.41) is 6.79. The van der Waals surface area contributed by atoms with Crippen LogP contribution in [0, 0.1) is 5.92 Å². The summed E-state index contributed by atoms with van der Waals surface area (Å²) >= 11 is 0. The van der Waals surface area contributed by atoms with E-state index in [0.29, 0.717) is 24.3 Å². The van der Waals surface area contributed by atoms with E-state index in [0.717, 1.165) is 47.7 Å². The van der Waals surface area contributed by atoms with Crippen LogP contribution in [0.3, 0.4) is 0 Å². The summed E-state index contributed by atoms with van der Waals surface area (Å²) in [6.07, 6.45) is 6.56. The fraction of sp³-hybridized carbons (Fsp3) is 0.560. The molecule has 188 valence electrons. The Kier molecular flexibility index (Phi) is 5.97. The van der Waals surface area contributed by atoms with Gasteiger partial charge in [-0.15, -0.1) is 0 Å². The average Bonchev–Trinajstić information content (AvgIpc) is 3.32. The van der Waals surface area contributed by atoms with E-state index in [4.69, 9.17) is 4.98 Å². The van der Waals surface area contributed by atoms with Crippen molar-refractivity contribution in [2.24, 2.45) is 5.92 Å². The molecule has 5 rings (SSSR count). The third-order valence-electron chi connectivity index (χ3n) is 6.89. The number of imidazole rings is 1. The van der Waals surface area contributed by atoms with Crippen molar-refractivity contribution in [1.29, 1.82) is 0 Å². The number of nitrogens with zero attached hydrogens (tertiary/aromatic N) is 4. The van der Waals surface area contributed by atoms with E-state index in [9.17, 15) is 17.6 Å². The third kappa shape index (κ3) is 4.85. The Balaban J connectivity index is 1.47. The quantitative estimate of drug-likeness (QED) is 0.546. The molecule has 3 aromatic rings. The first-order valence-electron chi connectivity index (χ1n) is 12.3. The van der Waals surface area contributed by atoms with E-state index in [2.05, 4.69) is 35.8 Å². The highest BCUT2D eigenvalue weighted by atomic mass is 32.2. The Labute approximate surface area is 205 Å². The molecule has 2 fully saturated rings. The lowest BCUT2D eigenvalue weighted by Gasteiger charge is -2.27. The van der Waals surface area contributed by atoms with Gasteiger partial charge >= 0.3 is 0 Å². The molecule has 2 aromatic heterocycles. The fourth-order valence-electron chi connectivity index (χ4n) is 4.75. The third-order valence-corrected chi connectivity index (χ3v) is 8.43. The normalized spacial score (nSPS) is 21.4. The fourth-order valence-corrected chi connectivity index (χ4v) is 5.89. The van der Waals surface area contributed by atoms with Crippen molar-refractivity contribution < 1.29 is 17.6 Å². The summed E-state index contributed by atoms with van der Waals surface area (Å²) in [5.41, 5.74) is 1.42. The minimum absolute atomic E-state index is 0.0605. The molecule has 2 heterocycles. The molecule has 2 aliphatic rings. The maximum atomic E-state index is 13.7. The second kappa shape index (κ2) is 8.72. The molecule has 1 N–H and O–H groups in total. The van der Waals surface area contributed by atoms with Crippen LogP contribution >= 0.6 is 0 Å². The Bertz CT molecular complexity index is 1360. The van der Waals surface area contributed by atoms with Crippen LogP contribution in [0.15, 0.2) is 35.5 Å². The zero-order chi connectivity index (χ0) is 25.0. The van der Waals surface area contributed by atoms with Gasteiger partial charge in [0.15, 0.2) is 0 Å². The van der Waals surface area contributed by atoms with Gasteiger partial charge in [0, 0.05) is 18.0 Å². The predicted molar refractivity (Wildman–Crippen MR) is 131 cm³/mol. The van der Waals surface area contributed by atoms with Gasteiger partial charge in [-0.25, -0.2) is 9.37 Å². The van der Waals surface area contributed by atoms with Crippen molar-refractivity contribution in [3.63, 3.8) is 0 Å². The lowest BCUT2D eigenvalue weighted by molar-refractivity contribution is 0.0951. The van der Waals surface area contributed by atoms with Crippen molar-refractivity contribution >= 4 is 27.0 Å². The molecule has 35 heavy (non-hydrogen) atoms. The van der Waals surface area contributed by atoms with Crippen LogP contribution < -0.4 is 5.32 Å². The maximum absolute atomic E-state index is 13.7. The number of nitrogens with one attached hydrogen (secondary N) is 1. The van der Waals surface area contributed by atoms with Gasteiger partial charge in [0.2, 0.25) is 0 Å². The Morgan fingerprint density at radius 1 is 1.14 bits per heavy atom. The van der Waals surface area contributed by atoms with Crippen molar-refractivity contribution in [3.8, 4) is 0 Å². The summed E-state index contributed by atoms with van der Waals surface area (Å²) in [6.45, 7) is 6.98. The maximum Gasteiger partial charge on any atom is 0.283 e. The second-order valence-corrected chi connectivity index (χ2v) is 12.7. The molecule has 1 aromatic carbocycles. The molecule has 8 nitrogen and oxygen atoms in total. The molecule has 1 amide bonds. The molecule has 0 aliphatic heterocycles. The number of carbonyl (C=O) groups is 1. The highest BCUT2D eigenvalue weighted by molar-refractivity contribution is 7.89. The molecule has 0 spiro atoms. The Morgan fingerprint density at radius 2 is 1.86 bits per heavy atom. The van der Waals surface area contributed by atoms with Crippen molar-refractivity contribution in [1.82, 2.24) is 24.1 Å². The van der Waals surface area contributed by atoms with E-state index >= 15 is 0 Å². The molecular formula is C25H32FN5O3S. The van der Waals surface area contributed by atoms with Crippen LogP contribution in [-0.2, 0) is 22.0 Å². The van der Waals surface area contributed by atoms with Crippen molar-refractivity contribution in [3.05, 3.63) is 42.0 Å². The van der Waals surface area contributed by atoms with Gasteiger partial charge in [0.05, 0.1) is 33.9 Å². The van der Waals surface area contributed by atoms with Crippen LogP contribution in [0.25, 0.3) is 11.0 Å². The number of rotatable bonds is 6. The zero-order valence-electron chi connectivity index (χ0n) is 20.4. The number of benzene rings is 1. The van der Waals surface area contributed by atoms with Gasteiger partial charge in [0.1, 0.15) is 12.0 Å². The number of fused-ring (bicyclic) bond motifs is 1. The van der Waals surface area contributed by atoms with Crippen LogP contribution in [0.2, 0.25) is 0 Å². The van der Waals surface area contributed by atoms with Crippen molar-refractivity contribution in [2.45, 2.75) is 88.4 Å². The molecule has 0 atom stereocenters. The van der Waals surface area contributed by atoms with E-state index in [1.165, 1.54) is 12.4 Å². The van der Waals surface area contributed by atoms with Crippen LogP contribution in [0.5, 0.6) is 0 Å². The summed E-state index contributed by atoms with van der Waals surface area (Å²) in [7, 11) is -3.99. The topological polar surface area (TPSA) is 98.9 Å². The van der Waals surface area contributed by atoms with Gasteiger partial charge in [-0.1, -0.05) is 20.8 Å². The molecule has 0 radical (unpaired) electrons. The standard InChI is InChI=1S/C25H32FN5O3S/c1-25(2,3)24-29-21-12-20(10-11-22(21)30(24)14-16-4-6-18(26)7-5-16)35(33,34)31-15-17(13-27-31)23(32)28-19-8-9-19/h10-13,15-16,18-19H,4-9,14H2,1-3H3,(H,28,32)/t16-,18-. The largest absolute Gasteiger partial charge is 0.349 e. The highest BCUT2D eigenvalue weighted by Crippen LogP contribution is 2.33. The smallest absolute Gasteiger partial charge is 0.283 e. The summed E-state index contributed by atoms with van der Waals surface area (Å²) < 4.78 is 43.2. The van der Waals surface area contributed by atoms with E-state index in [1.54, 1.807) is 18.2 Å². The Morgan fingerprint density at radius 3 is 2.51 bits per heavy atom. The van der Waals surface area contributed by atoms with Crippen LogP contribution in [-0.4, -0.2) is 45.3 Å². The first kappa shape index (κ1) is 24.0.